The fourth-order valence-corrected chi connectivity index (χ4v) is 2.62. The van der Waals surface area contributed by atoms with Crippen LogP contribution in [0.25, 0.3) is 11.0 Å². The lowest BCUT2D eigenvalue weighted by molar-refractivity contribution is 0.163. The highest BCUT2D eigenvalue weighted by molar-refractivity contribution is 5.72. The molecule has 1 fully saturated rings. The van der Waals surface area contributed by atoms with Crippen molar-refractivity contribution in [3.63, 3.8) is 0 Å². The molecule has 0 amide bonds. The second kappa shape index (κ2) is 4.29. The van der Waals surface area contributed by atoms with E-state index in [9.17, 15) is 0 Å². The van der Waals surface area contributed by atoms with Crippen molar-refractivity contribution < 1.29 is 0 Å². The molecule has 2 unspecified atom stereocenters. The van der Waals surface area contributed by atoms with E-state index in [1.165, 1.54) is 0 Å². The van der Waals surface area contributed by atoms with E-state index in [1.54, 1.807) is 10.9 Å². The average molecular weight is 246 g/mol. The Bertz CT molecular complexity index is 563. The van der Waals surface area contributed by atoms with Crippen molar-refractivity contribution in [2.45, 2.75) is 24.9 Å². The summed E-state index contributed by atoms with van der Waals surface area (Å²) in [5.74, 6) is 0.880. The first kappa shape index (κ1) is 11.6. The molecule has 2 atom stereocenters. The summed E-state index contributed by atoms with van der Waals surface area (Å²) >= 11 is 0. The van der Waals surface area contributed by atoms with E-state index in [4.69, 9.17) is 5.73 Å². The van der Waals surface area contributed by atoms with Gasteiger partial charge in [0.05, 0.1) is 18.4 Å². The number of likely N-dealkylation sites (N-methyl/N-ethyl adjacent to an activating group) is 1. The van der Waals surface area contributed by atoms with Crippen molar-refractivity contribution in [2.24, 2.45) is 12.8 Å². The van der Waals surface area contributed by atoms with Crippen molar-refractivity contribution in [3.8, 4) is 0 Å². The summed E-state index contributed by atoms with van der Waals surface area (Å²) in [4.78, 5) is 11.3. The standard InChI is InChI=1S/C12H18N6/c1-17-7-8(13)3-4-10(17)12-14-6-11-9(16-12)5-15-18(11)2/h5-6,8,10H,3-4,7,13H2,1-2H3. The molecule has 1 aliphatic rings. The lowest BCUT2D eigenvalue weighted by Crippen LogP contribution is -2.42. The van der Waals surface area contributed by atoms with E-state index >= 15 is 0 Å². The van der Waals surface area contributed by atoms with Gasteiger partial charge in [-0.05, 0) is 19.9 Å². The zero-order valence-electron chi connectivity index (χ0n) is 10.7. The molecular weight excluding hydrogens is 228 g/mol. The van der Waals surface area contributed by atoms with Gasteiger partial charge >= 0.3 is 0 Å². The largest absolute Gasteiger partial charge is 0.327 e. The Balaban J connectivity index is 1.94. The molecule has 6 heteroatoms. The minimum Gasteiger partial charge on any atom is -0.327 e. The van der Waals surface area contributed by atoms with Gasteiger partial charge in [-0.15, -0.1) is 0 Å². The topological polar surface area (TPSA) is 72.9 Å². The highest BCUT2D eigenvalue weighted by Gasteiger charge is 2.27. The highest BCUT2D eigenvalue weighted by Crippen LogP contribution is 2.27. The first-order valence-electron chi connectivity index (χ1n) is 6.25. The average Bonchev–Trinajstić information content (AvgIpc) is 2.71. The van der Waals surface area contributed by atoms with Gasteiger partial charge in [-0.3, -0.25) is 9.58 Å². The lowest BCUT2D eigenvalue weighted by Gasteiger charge is -2.34. The van der Waals surface area contributed by atoms with E-state index in [2.05, 4.69) is 27.0 Å². The molecule has 2 aromatic rings. The number of aromatic nitrogens is 4. The van der Waals surface area contributed by atoms with E-state index in [0.717, 1.165) is 36.2 Å². The van der Waals surface area contributed by atoms with Gasteiger partial charge in [0, 0.05) is 19.6 Å². The maximum atomic E-state index is 5.96. The van der Waals surface area contributed by atoms with Gasteiger partial charge in [0.25, 0.3) is 0 Å². The van der Waals surface area contributed by atoms with Gasteiger partial charge in [0.1, 0.15) is 16.9 Å². The molecule has 0 saturated carbocycles. The second-order valence-corrected chi connectivity index (χ2v) is 5.06. The van der Waals surface area contributed by atoms with E-state index in [1.807, 2.05) is 13.2 Å². The SMILES string of the molecule is CN1CC(N)CCC1c1ncc2c(cnn2C)n1. The fourth-order valence-electron chi connectivity index (χ4n) is 2.62. The third-order valence-corrected chi connectivity index (χ3v) is 3.68. The summed E-state index contributed by atoms with van der Waals surface area (Å²) < 4.78 is 1.79. The molecule has 1 aliphatic heterocycles. The molecule has 1 saturated heterocycles. The number of rotatable bonds is 1. The number of fused-ring (bicyclic) bond motifs is 1. The zero-order valence-corrected chi connectivity index (χ0v) is 10.7. The summed E-state index contributed by atoms with van der Waals surface area (Å²) in [6.07, 6.45) is 5.69. The predicted octanol–water partition coefficient (Wildman–Crippen LogP) is 0.457. The van der Waals surface area contributed by atoms with Crippen LogP contribution in [0.3, 0.4) is 0 Å². The van der Waals surface area contributed by atoms with Crippen LogP contribution in [0.5, 0.6) is 0 Å². The Morgan fingerprint density at radius 2 is 2.11 bits per heavy atom. The van der Waals surface area contributed by atoms with E-state index in [-0.39, 0.29) is 12.1 Å². The van der Waals surface area contributed by atoms with Crippen LogP contribution in [0, 0.1) is 0 Å². The van der Waals surface area contributed by atoms with Crippen molar-refractivity contribution in [1.82, 2.24) is 24.6 Å². The van der Waals surface area contributed by atoms with Crippen LogP contribution in [0.2, 0.25) is 0 Å². The van der Waals surface area contributed by atoms with Crippen LogP contribution in [0.4, 0.5) is 0 Å². The van der Waals surface area contributed by atoms with Crippen LogP contribution in [0.15, 0.2) is 12.4 Å². The number of aryl methyl sites for hydroxylation is 1. The van der Waals surface area contributed by atoms with Gasteiger partial charge in [0.2, 0.25) is 0 Å². The van der Waals surface area contributed by atoms with Crippen LogP contribution >= 0.6 is 0 Å². The highest BCUT2D eigenvalue weighted by atomic mass is 15.3. The molecule has 0 spiro atoms. The zero-order chi connectivity index (χ0) is 12.7. The van der Waals surface area contributed by atoms with E-state index in [0.29, 0.717) is 0 Å². The molecule has 0 aliphatic carbocycles. The van der Waals surface area contributed by atoms with Gasteiger partial charge < -0.3 is 5.73 Å². The molecule has 6 nitrogen and oxygen atoms in total. The number of nitrogens with zero attached hydrogens (tertiary/aromatic N) is 5. The molecule has 0 aromatic carbocycles. The Hall–Kier alpha value is -1.53. The van der Waals surface area contributed by atoms with Crippen molar-refractivity contribution in [3.05, 3.63) is 18.2 Å². The molecule has 18 heavy (non-hydrogen) atoms. The summed E-state index contributed by atoms with van der Waals surface area (Å²) in [5.41, 5.74) is 7.84. The van der Waals surface area contributed by atoms with Crippen LogP contribution in [-0.2, 0) is 7.05 Å². The Kier molecular flexibility index (Phi) is 2.76. The molecule has 96 valence electrons. The number of hydrogen-bond acceptors (Lipinski definition) is 5. The maximum Gasteiger partial charge on any atom is 0.146 e. The molecule has 2 aromatic heterocycles. The first-order chi connectivity index (χ1) is 8.65. The number of likely N-dealkylation sites (tertiary alicyclic amines) is 1. The van der Waals surface area contributed by atoms with Crippen molar-refractivity contribution in [2.75, 3.05) is 13.6 Å². The Morgan fingerprint density at radius 3 is 2.89 bits per heavy atom. The normalized spacial score (nSPS) is 25.7. The van der Waals surface area contributed by atoms with Gasteiger partial charge in [-0.25, -0.2) is 9.97 Å². The minimum atomic E-state index is 0.272. The smallest absolute Gasteiger partial charge is 0.146 e. The summed E-state index contributed by atoms with van der Waals surface area (Å²) in [7, 11) is 3.98. The summed E-state index contributed by atoms with van der Waals surface area (Å²) in [6, 6.07) is 0.544. The van der Waals surface area contributed by atoms with Crippen LogP contribution in [0.1, 0.15) is 24.7 Å². The Morgan fingerprint density at radius 1 is 1.28 bits per heavy atom. The monoisotopic (exact) mass is 246 g/mol. The van der Waals surface area contributed by atoms with Crippen LogP contribution in [-0.4, -0.2) is 44.3 Å². The lowest BCUT2D eigenvalue weighted by atomic mass is 9.99. The van der Waals surface area contributed by atoms with Gasteiger partial charge in [0.15, 0.2) is 0 Å². The molecule has 3 heterocycles. The third-order valence-electron chi connectivity index (χ3n) is 3.68. The number of hydrogen-bond donors (Lipinski definition) is 1. The molecule has 0 radical (unpaired) electrons. The Labute approximate surface area is 106 Å². The summed E-state index contributed by atoms with van der Waals surface area (Å²) in [5, 5.41) is 4.19. The molecular formula is C12H18N6. The van der Waals surface area contributed by atoms with Crippen LogP contribution < -0.4 is 5.73 Å². The molecule has 3 rings (SSSR count). The quantitative estimate of drug-likeness (QED) is 0.791. The minimum absolute atomic E-state index is 0.272. The van der Waals surface area contributed by atoms with Gasteiger partial charge in [-0.2, -0.15) is 5.10 Å². The summed E-state index contributed by atoms with van der Waals surface area (Å²) in [6.45, 7) is 0.902. The maximum absolute atomic E-state index is 5.96. The van der Waals surface area contributed by atoms with Crippen molar-refractivity contribution >= 4 is 11.0 Å². The van der Waals surface area contributed by atoms with E-state index < -0.39 is 0 Å². The number of nitrogens with two attached hydrogens (primary N) is 1. The molecule has 0 bridgehead atoms. The first-order valence-corrected chi connectivity index (χ1v) is 6.25. The van der Waals surface area contributed by atoms with Gasteiger partial charge in [-0.1, -0.05) is 0 Å². The number of piperidine rings is 1. The third kappa shape index (κ3) is 1.87. The fraction of sp³-hybridized carbons (Fsp3) is 0.583. The van der Waals surface area contributed by atoms with Crippen molar-refractivity contribution in [1.29, 1.82) is 0 Å². The molecule has 2 N–H and O–H groups in total. The second-order valence-electron chi connectivity index (χ2n) is 5.06. The predicted molar refractivity (Wildman–Crippen MR) is 68.9 cm³/mol.